The van der Waals surface area contributed by atoms with E-state index in [0.29, 0.717) is 6.54 Å². The second kappa shape index (κ2) is 6.98. The molecule has 0 bridgehead atoms. The summed E-state index contributed by atoms with van der Waals surface area (Å²) in [5.74, 6) is 1.74. The van der Waals surface area contributed by atoms with Gasteiger partial charge in [0.05, 0.1) is 7.11 Å². The molecule has 1 unspecified atom stereocenters. The average Bonchev–Trinajstić information content (AvgIpc) is 2.99. The lowest BCUT2D eigenvalue weighted by Gasteiger charge is -2.30. The van der Waals surface area contributed by atoms with Crippen LogP contribution >= 0.6 is 0 Å². The number of allylic oxidation sites excluding steroid dienone is 1. The summed E-state index contributed by atoms with van der Waals surface area (Å²) in [6, 6.07) is 12.1. The quantitative estimate of drug-likeness (QED) is 0.857. The zero-order valence-corrected chi connectivity index (χ0v) is 15.7. The van der Waals surface area contributed by atoms with Gasteiger partial charge in [0.1, 0.15) is 11.4 Å². The largest absolute Gasteiger partial charge is 0.497 e. The summed E-state index contributed by atoms with van der Waals surface area (Å²) in [6.45, 7) is 4.82. The summed E-state index contributed by atoms with van der Waals surface area (Å²) < 4.78 is 5.31. The lowest BCUT2D eigenvalue weighted by atomic mass is 9.94. The predicted octanol–water partition coefficient (Wildman–Crippen LogP) is 3.07. The molecule has 27 heavy (non-hydrogen) atoms. The standard InChI is InChI=1S/C21H23N5O/c1-15-10-12-26-20(24-15)19(17-6-8-18(27-3)9-7-17)21(2,25-26)23-14-16-5-4-11-22-13-16/h4-13,23,25H,14H2,1-3H3. The molecular weight excluding hydrogens is 338 g/mol. The number of rotatable bonds is 5. The Morgan fingerprint density at radius 1 is 1.22 bits per heavy atom. The zero-order valence-electron chi connectivity index (χ0n) is 15.7. The van der Waals surface area contributed by atoms with Gasteiger partial charge in [0.25, 0.3) is 0 Å². The molecule has 0 saturated carbocycles. The lowest BCUT2D eigenvalue weighted by Crippen LogP contribution is -2.54. The number of nitrogens with zero attached hydrogens (tertiary/aromatic N) is 3. The van der Waals surface area contributed by atoms with Gasteiger partial charge in [-0.25, -0.2) is 10.4 Å². The van der Waals surface area contributed by atoms with Crippen LogP contribution < -0.4 is 15.5 Å². The van der Waals surface area contributed by atoms with Gasteiger partial charge in [0, 0.05) is 36.4 Å². The fourth-order valence-corrected chi connectivity index (χ4v) is 3.38. The monoisotopic (exact) mass is 361 g/mol. The summed E-state index contributed by atoms with van der Waals surface area (Å²) in [5.41, 5.74) is 7.34. The van der Waals surface area contributed by atoms with E-state index in [1.165, 1.54) is 0 Å². The molecule has 3 heterocycles. The van der Waals surface area contributed by atoms with Crippen LogP contribution in [-0.2, 0) is 6.54 Å². The van der Waals surface area contributed by atoms with Crippen molar-refractivity contribution in [3.63, 3.8) is 0 Å². The molecule has 2 aromatic rings. The second-order valence-electron chi connectivity index (χ2n) is 6.82. The SMILES string of the molecule is COc1ccc(C2=C3N=C(C)C=CN3NC2(C)NCc2cccnc2)cc1. The summed E-state index contributed by atoms with van der Waals surface area (Å²) in [5, 5.41) is 5.61. The Hall–Kier alpha value is -2.96. The van der Waals surface area contributed by atoms with Crippen molar-refractivity contribution in [1.82, 2.24) is 20.7 Å². The molecular formula is C21H23N5O. The molecule has 0 fully saturated rings. The number of aromatic nitrogens is 1. The molecule has 2 aliphatic rings. The second-order valence-corrected chi connectivity index (χ2v) is 6.82. The van der Waals surface area contributed by atoms with Crippen LogP contribution in [0.3, 0.4) is 0 Å². The third-order valence-electron chi connectivity index (χ3n) is 4.79. The Morgan fingerprint density at radius 3 is 2.74 bits per heavy atom. The minimum Gasteiger partial charge on any atom is -0.497 e. The van der Waals surface area contributed by atoms with Gasteiger partial charge < -0.3 is 4.74 Å². The maximum Gasteiger partial charge on any atom is 0.154 e. The van der Waals surface area contributed by atoms with E-state index in [-0.39, 0.29) is 0 Å². The average molecular weight is 361 g/mol. The number of fused-ring (bicyclic) bond motifs is 1. The van der Waals surface area contributed by atoms with E-state index in [4.69, 9.17) is 9.73 Å². The molecule has 2 aliphatic heterocycles. The van der Waals surface area contributed by atoms with Crippen LogP contribution in [-0.4, -0.2) is 28.5 Å². The number of methoxy groups -OCH3 is 1. The molecule has 6 nitrogen and oxygen atoms in total. The fourth-order valence-electron chi connectivity index (χ4n) is 3.38. The Kier molecular flexibility index (Phi) is 4.51. The van der Waals surface area contributed by atoms with Crippen molar-refractivity contribution in [2.45, 2.75) is 26.1 Å². The molecule has 0 radical (unpaired) electrons. The number of ether oxygens (including phenoxy) is 1. The van der Waals surface area contributed by atoms with E-state index in [1.807, 2.05) is 48.6 Å². The Bertz CT molecular complexity index is 917. The topological polar surface area (TPSA) is 61.8 Å². The first kappa shape index (κ1) is 17.5. The van der Waals surface area contributed by atoms with Crippen molar-refractivity contribution >= 4 is 11.3 Å². The first-order valence-electron chi connectivity index (χ1n) is 8.93. The van der Waals surface area contributed by atoms with E-state index in [9.17, 15) is 0 Å². The highest BCUT2D eigenvalue weighted by Crippen LogP contribution is 2.38. The number of pyridine rings is 1. The van der Waals surface area contributed by atoms with Gasteiger partial charge in [-0.05, 0) is 49.2 Å². The van der Waals surface area contributed by atoms with Crippen LogP contribution in [0.2, 0.25) is 0 Å². The summed E-state index contributed by atoms with van der Waals surface area (Å²) >= 11 is 0. The smallest absolute Gasteiger partial charge is 0.154 e. The van der Waals surface area contributed by atoms with Crippen molar-refractivity contribution in [1.29, 1.82) is 0 Å². The molecule has 4 rings (SSSR count). The minimum atomic E-state index is -0.488. The van der Waals surface area contributed by atoms with Crippen molar-refractivity contribution in [2.75, 3.05) is 7.11 Å². The van der Waals surface area contributed by atoms with Crippen LogP contribution in [0.15, 0.2) is 71.9 Å². The van der Waals surface area contributed by atoms with E-state index in [0.717, 1.165) is 34.0 Å². The molecule has 0 aliphatic carbocycles. The summed E-state index contributed by atoms with van der Waals surface area (Å²) in [7, 11) is 1.68. The van der Waals surface area contributed by atoms with Gasteiger partial charge in [-0.3, -0.25) is 15.3 Å². The highest BCUT2D eigenvalue weighted by molar-refractivity contribution is 5.95. The van der Waals surface area contributed by atoms with Crippen LogP contribution in [0.4, 0.5) is 0 Å². The Labute approximate surface area is 159 Å². The van der Waals surface area contributed by atoms with Crippen LogP contribution in [0.25, 0.3) is 5.57 Å². The highest BCUT2D eigenvalue weighted by atomic mass is 16.5. The molecule has 138 valence electrons. The normalized spacial score (nSPS) is 21.3. The number of hydrazine groups is 1. The number of hydrogen-bond donors (Lipinski definition) is 2. The summed E-state index contributed by atoms with van der Waals surface area (Å²) in [4.78, 5) is 8.99. The van der Waals surface area contributed by atoms with Crippen molar-refractivity contribution in [3.8, 4) is 5.75 Å². The summed E-state index contributed by atoms with van der Waals surface area (Å²) in [6.07, 6.45) is 7.67. The Balaban J connectivity index is 1.72. The molecule has 1 aromatic heterocycles. The molecule has 0 spiro atoms. The highest BCUT2D eigenvalue weighted by Gasteiger charge is 2.41. The van der Waals surface area contributed by atoms with E-state index >= 15 is 0 Å². The molecule has 1 atom stereocenters. The van der Waals surface area contributed by atoms with Gasteiger partial charge in [-0.2, -0.15) is 0 Å². The number of hydrogen-bond acceptors (Lipinski definition) is 6. The first-order chi connectivity index (χ1) is 13.1. The van der Waals surface area contributed by atoms with Crippen LogP contribution in [0.1, 0.15) is 25.0 Å². The van der Waals surface area contributed by atoms with E-state index < -0.39 is 5.66 Å². The van der Waals surface area contributed by atoms with E-state index in [2.05, 4.69) is 40.8 Å². The molecule has 0 amide bonds. The number of aliphatic imine (C=N–C) groups is 1. The van der Waals surface area contributed by atoms with Gasteiger partial charge in [0.2, 0.25) is 0 Å². The minimum absolute atomic E-state index is 0.488. The van der Waals surface area contributed by atoms with Gasteiger partial charge in [-0.1, -0.05) is 18.2 Å². The van der Waals surface area contributed by atoms with Crippen molar-refractivity contribution in [3.05, 3.63) is 78.0 Å². The predicted molar refractivity (Wildman–Crippen MR) is 107 cm³/mol. The lowest BCUT2D eigenvalue weighted by molar-refractivity contribution is 0.244. The van der Waals surface area contributed by atoms with Gasteiger partial charge in [-0.15, -0.1) is 0 Å². The van der Waals surface area contributed by atoms with E-state index in [1.54, 1.807) is 13.3 Å². The van der Waals surface area contributed by atoms with Crippen molar-refractivity contribution in [2.24, 2.45) is 4.99 Å². The maximum absolute atomic E-state index is 5.31. The molecule has 2 N–H and O–H groups in total. The third-order valence-corrected chi connectivity index (χ3v) is 4.79. The van der Waals surface area contributed by atoms with Gasteiger partial charge >= 0.3 is 0 Å². The fraction of sp³-hybridized carbons (Fsp3) is 0.238. The van der Waals surface area contributed by atoms with Gasteiger partial charge in [0.15, 0.2) is 5.82 Å². The molecule has 1 aromatic carbocycles. The number of nitrogens with one attached hydrogen (secondary N) is 2. The Morgan fingerprint density at radius 2 is 2.04 bits per heavy atom. The first-order valence-corrected chi connectivity index (χ1v) is 8.93. The van der Waals surface area contributed by atoms with Crippen LogP contribution in [0, 0.1) is 0 Å². The molecule has 0 saturated heterocycles. The van der Waals surface area contributed by atoms with Crippen LogP contribution in [0.5, 0.6) is 5.75 Å². The van der Waals surface area contributed by atoms with Crippen molar-refractivity contribution < 1.29 is 4.74 Å². The maximum atomic E-state index is 5.31. The number of benzene rings is 1. The third kappa shape index (κ3) is 3.37. The molecule has 6 heteroatoms. The zero-order chi connectivity index (χ0) is 18.9.